The smallest absolute Gasteiger partial charge is 0.315 e. The first-order valence-corrected chi connectivity index (χ1v) is 7.82. The topological polar surface area (TPSA) is 92.1 Å². The van der Waals surface area contributed by atoms with Gasteiger partial charge in [-0.25, -0.2) is 14.8 Å². The van der Waals surface area contributed by atoms with E-state index in [0.717, 1.165) is 37.1 Å². The SMILES string of the molecule is O=C(NCc1ccnc(-n2ccnc2)c1)NCC1(O)CCCC1. The summed E-state index contributed by atoms with van der Waals surface area (Å²) in [6.45, 7) is 0.698. The van der Waals surface area contributed by atoms with Gasteiger partial charge in [0.1, 0.15) is 12.1 Å². The first-order valence-electron chi connectivity index (χ1n) is 7.82. The number of hydrogen-bond donors (Lipinski definition) is 3. The lowest BCUT2D eigenvalue weighted by molar-refractivity contribution is 0.0501. The van der Waals surface area contributed by atoms with E-state index in [-0.39, 0.29) is 6.03 Å². The number of carbonyl (C=O) groups excluding carboxylic acids is 1. The first kappa shape index (κ1) is 15.5. The molecule has 0 aliphatic heterocycles. The second-order valence-electron chi connectivity index (χ2n) is 5.96. The molecule has 0 spiro atoms. The molecule has 7 nitrogen and oxygen atoms in total. The zero-order chi connectivity index (χ0) is 16.1. The number of aliphatic hydroxyl groups is 1. The van der Waals surface area contributed by atoms with Gasteiger partial charge < -0.3 is 15.7 Å². The summed E-state index contributed by atoms with van der Waals surface area (Å²) < 4.78 is 1.80. The maximum Gasteiger partial charge on any atom is 0.315 e. The fourth-order valence-electron chi connectivity index (χ4n) is 2.81. The Balaban J connectivity index is 1.50. The largest absolute Gasteiger partial charge is 0.388 e. The summed E-state index contributed by atoms with van der Waals surface area (Å²) in [6.07, 6.45) is 10.4. The summed E-state index contributed by atoms with van der Waals surface area (Å²) in [6, 6.07) is 3.48. The molecule has 0 unspecified atom stereocenters. The highest BCUT2D eigenvalue weighted by atomic mass is 16.3. The average Bonchev–Trinajstić information content (AvgIpc) is 3.23. The van der Waals surface area contributed by atoms with E-state index in [2.05, 4.69) is 20.6 Å². The predicted molar refractivity (Wildman–Crippen MR) is 85.0 cm³/mol. The van der Waals surface area contributed by atoms with Gasteiger partial charge >= 0.3 is 6.03 Å². The van der Waals surface area contributed by atoms with Gasteiger partial charge in [0, 0.05) is 31.7 Å². The molecule has 1 aliphatic rings. The third-order valence-corrected chi connectivity index (χ3v) is 4.14. The van der Waals surface area contributed by atoms with Gasteiger partial charge in [-0.05, 0) is 30.5 Å². The Morgan fingerprint density at radius 1 is 1.30 bits per heavy atom. The predicted octanol–water partition coefficient (Wildman–Crippen LogP) is 1.37. The Hall–Kier alpha value is -2.41. The molecule has 3 N–H and O–H groups in total. The van der Waals surface area contributed by atoms with Crippen molar-refractivity contribution >= 4 is 6.03 Å². The molecule has 0 saturated heterocycles. The number of rotatable bonds is 5. The van der Waals surface area contributed by atoms with Crippen molar-refractivity contribution in [3.63, 3.8) is 0 Å². The van der Waals surface area contributed by atoms with Crippen molar-refractivity contribution in [1.82, 2.24) is 25.2 Å². The molecular weight excluding hydrogens is 294 g/mol. The van der Waals surface area contributed by atoms with Crippen LogP contribution in [-0.4, -0.2) is 37.8 Å². The molecule has 3 rings (SSSR count). The number of hydrogen-bond acceptors (Lipinski definition) is 4. The van der Waals surface area contributed by atoms with Gasteiger partial charge in [0.2, 0.25) is 0 Å². The number of pyridine rings is 1. The van der Waals surface area contributed by atoms with Crippen molar-refractivity contribution < 1.29 is 9.90 Å². The van der Waals surface area contributed by atoms with Crippen molar-refractivity contribution in [3.8, 4) is 5.82 Å². The van der Waals surface area contributed by atoms with E-state index in [1.54, 1.807) is 23.3 Å². The highest BCUT2D eigenvalue weighted by Crippen LogP contribution is 2.28. The van der Waals surface area contributed by atoms with E-state index in [1.807, 2.05) is 18.3 Å². The van der Waals surface area contributed by atoms with E-state index in [9.17, 15) is 9.90 Å². The quantitative estimate of drug-likeness (QED) is 0.777. The molecule has 0 atom stereocenters. The lowest BCUT2D eigenvalue weighted by atomic mass is 10.0. The normalized spacial score (nSPS) is 16.2. The van der Waals surface area contributed by atoms with Gasteiger partial charge in [0.25, 0.3) is 0 Å². The lowest BCUT2D eigenvalue weighted by Gasteiger charge is -2.22. The third kappa shape index (κ3) is 4.07. The molecule has 2 amide bonds. The summed E-state index contributed by atoms with van der Waals surface area (Å²) in [4.78, 5) is 20.1. The molecule has 1 aliphatic carbocycles. The van der Waals surface area contributed by atoms with Gasteiger partial charge in [-0.15, -0.1) is 0 Å². The number of nitrogens with zero attached hydrogens (tertiary/aromatic N) is 3. The Morgan fingerprint density at radius 2 is 2.13 bits per heavy atom. The third-order valence-electron chi connectivity index (χ3n) is 4.14. The van der Waals surface area contributed by atoms with Crippen molar-refractivity contribution in [2.75, 3.05) is 6.54 Å². The van der Waals surface area contributed by atoms with Crippen LogP contribution in [0.1, 0.15) is 31.2 Å². The molecule has 2 aromatic heterocycles. The minimum Gasteiger partial charge on any atom is -0.388 e. The summed E-state index contributed by atoms with van der Waals surface area (Å²) in [5.74, 6) is 0.752. The van der Waals surface area contributed by atoms with Crippen LogP contribution in [0.2, 0.25) is 0 Å². The molecule has 23 heavy (non-hydrogen) atoms. The molecule has 2 heterocycles. The fraction of sp³-hybridized carbons (Fsp3) is 0.438. The van der Waals surface area contributed by atoms with Gasteiger partial charge in [-0.2, -0.15) is 0 Å². The van der Waals surface area contributed by atoms with Crippen LogP contribution in [0.3, 0.4) is 0 Å². The fourth-order valence-corrected chi connectivity index (χ4v) is 2.81. The molecule has 122 valence electrons. The second-order valence-corrected chi connectivity index (χ2v) is 5.96. The van der Waals surface area contributed by atoms with E-state index in [0.29, 0.717) is 13.1 Å². The minimum absolute atomic E-state index is 0.272. The standard InChI is InChI=1S/C16H21N5O2/c22-15(20-11-16(23)4-1-2-5-16)19-10-13-3-6-18-14(9-13)21-8-7-17-12-21/h3,6-9,12,23H,1-2,4-5,10-11H2,(H2,19,20,22). The number of imidazole rings is 1. The van der Waals surface area contributed by atoms with Gasteiger partial charge in [-0.1, -0.05) is 12.8 Å². The van der Waals surface area contributed by atoms with Crippen LogP contribution in [0, 0.1) is 0 Å². The molecule has 2 aromatic rings. The first-order chi connectivity index (χ1) is 11.1. The van der Waals surface area contributed by atoms with Gasteiger partial charge in [-0.3, -0.25) is 4.57 Å². The molecule has 0 bridgehead atoms. The van der Waals surface area contributed by atoms with Crippen molar-refractivity contribution in [2.24, 2.45) is 0 Å². The summed E-state index contributed by atoms with van der Waals surface area (Å²) in [5.41, 5.74) is 0.209. The van der Waals surface area contributed by atoms with E-state index >= 15 is 0 Å². The molecular formula is C16H21N5O2. The van der Waals surface area contributed by atoms with Crippen LogP contribution in [0.15, 0.2) is 37.1 Å². The zero-order valence-electron chi connectivity index (χ0n) is 12.9. The number of aromatic nitrogens is 3. The van der Waals surface area contributed by atoms with Crippen molar-refractivity contribution in [1.29, 1.82) is 0 Å². The second kappa shape index (κ2) is 6.78. The summed E-state index contributed by atoms with van der Waals surface area (Å²) in [5, 5.41) is 15.8. The molecule has 7 heteroatoms. The Bertz CT molecular complexity index is 650. The number of carbonyl (C=O) groups is 1. The molecule has 0 aromatic carbocycles. The van der Waals surface area contributed by atoms with Gasteiger partial charge in [0.15, 0.2) is 0 Å². The number of urea groups is 1. The number of amides is 2. The Kier molecular flexibility index (Phi) is 4.57. The maximum atomic E-state index is 11.9. The Morgan fingerprint density at radius 3 is 2.87 bits per heavy atom. The molecule has 1 fully saturated rings. The van der Waals surface area contributed by atoms with Crippen LogP contribution in [0.4, 0.5) is 4.79 Å². The molecule has 0 radical (unpaired) electrons. The van der Waals surface area contributed by atoms with Crippen LogP contribution in [-0.2, 0) is 6.54 Å². The van der Waals surface area contributed by atoms with Crippen molar-refractivity contribution in [3.05, 3.63) is 42.6 Å². The van der Waals surface area contributed by atoms with E-state index in [4.69, 9.17) is 0 Å². The van der Waals surface area contributed by atoms with Crippen LogP contribution >= 0.6 is 0 Å². The molecule has 1 saturated carbocycles. The average molecular weight is 315 g/mol. The Labute approximate surface area is 134 Å². The van der Waals surface area contributed by atoms with Gasteiger partial charge in [0.05, 0.1) is 5.60 Å². The minimum atomic E-state index is -0.734. The van der Waals surface area contributed by atoms with Crippen LogP contribution in [0.5, 0.6) is 0 Å². The summed E-state index contributed by atoms with van der Waals surface area (Å²) >= 11 is 0. The monoisotopic (exact) mass is 315 g/mol. The van der Waals surface area contributed by atoms with E-state index in [1.165, 1.54) is 0 Å². The maximum absolute atomic E-state index is 11.9. The highest BCUT2D eigenvalue weighted by Gasteiger charge is 2.31. The highest BCUT2D eigenvalue weighted by molar-refractivity contribution is 5.73. The van der Waals surface area contributed by atoms with Crippen molar-refractivity contribution in [2.45, 2.75) is 37.8 Å². The lowest BCUT2D eigenvalue weighted by Crippen LogP contribution is -2.44. The van der Waals surface area contributed by atoms with E-state index < -0.39 is 5.60 Å². The summed E-state index contributed by atoms with van der Waals surface area (Å²) in [7, 11) is 0. The van der Waals surface area contributed by atoms with Crippen LogP contribution in [0.25, 0.3) is 5.82 Å². The zero-order valence-corrected chi connectivity index (χ0v) is 12.9. The number of nitrogens with one attached hydrogen (secondary N) is 2. The van der Waals surface area contributed by atoms with Crippen LogP contribution < -0.4 is 10.6 Å².